The first-order valence-electron chi connectivity index (χ1n) is 7.49. The Morgan fingerprint density at radius 1 is 1.15 bits per heavy atom. The van der Waals surface area contributed by atoms with Gasteiger partial charge in [0.25, 0.3) is 0 Å². The minimum Gasteiger partial charge on any atom is -0.493 e. The number of hydrogen-bond donors (Lipinski definition) is 1. The van der Waals surface area contributed by atoms with Crippen molar-refractivity contribution in [2.75, 3.05) is 26.5 Å². The van der Waals surface area contributed by atoms with E-state index in [2.05, 4.69) is 19.2 Å². The predicted octanol–water partition coefficient (Wildman–Crippen LogP) is 3.21. The first-order valence-corrected chi connectivity index (χ1v) is 7.49. The molecule has 0 aliphatic carbocycles. The molecule has 2 rings (SSSR count). The van der Waals surface area contributed by atoms with E-state index in [9.17, 15) is 0 Å². The van der Waals surface area contributed by atoms with Crippen LogP contribution < -0.4 is 19.5 Å². The van der Waals surface area contributed by atoms with Gasteiger partial charge in [-0.1, -0.05) is 13.8 Å². The van der Waals surface area contributed by atoms with Crippen molar-refractivity contribution in [1.29, 1.82) is 0 Å². The molecule has 0 amide bonds. The third-order valence-corrected chi connectivity index (χ3v) is 3.16. The number of fused-ring (bicyclic) bond motifs is 1. The molecule has 4 nitrogen and oxygen atoms in total. The minimum atomic E-state index is 0.308. The van der Waals surface area contributed by atoms with Gasteiger partial charge in [-0.25, -0.2) is 0 Å². The maximum absolute atomic E-state index is 5.72. The molecule has 0 bridgehead atoms. The van der Waals surface area contributed by atoms with Crippen LogP contribution in [0.25, 0.3) is 0 Å². The van der Waals surface area contributed by atoms with Crippen molar-refractivity contribution in [3.63, 3.8) is 0 Å². The molecule has 0 atom stereocenters. The summed E-state index contributed by atoms with van der Waals surface area (Å²) in [5.41, 5.74) is 0. The zero-order valence-electron chi connectivity index (χ0n) is 12.5. The lowest BCUT2D eigenvalue weighted by Crippen LogP contribution is -2.20. The van der Waals surface area contributed by atoms with Crippen molar-refractivity contribution in [2.24, 2.45) is 5.92 Å². The molecule has 0 radical (unpaired) electrons. The average Bonchev–Trinajstić information content (AvgIpc) is 2.89. The SMILES string of the molecule is CC(C)CNCCCCCOc1ccc2c(c1)OCO2. The molecule has 1 heterocycles. The van der Waals surface area contributed by atoms with Gasteiger partial charge in [-0.3, -0.25) is 0 Å². The third-order valence-electron chi connectivity index (χ3n) is 3.16. The lowest BCUT2D eigenvalue weighted by molar-refractivity contribution is 0.173. The van der Waals surface area contributed by atoms with E-state index >= 15 is 0 Å². The largest absolute Gasteiger partial charge is 0.493 e. The van der Waals surface area contributed by atoms with Crippen molar-refractivity contribution in [3.05, 3.63) is 18.2 Å². The summed E-state index contributed by atoms with van der Waals surface area (Å²) in [5.74, 6) is 3.16. The van der Waals surface area contributed by atoms with Gasteiger partial charge in [0, 0.05) is 6.07 Å². The molecule has 0 fully saturated rings. The number of ether oxygens (including phenoxy) is 3. The van der Waals surface area contributed by atoms with Crippen LogP contribution in [0.5, 0.6) is 17.2 Å². The lowest BCUT2D eigenvalue weighted by Gasteiger charge is -2.08. The zero-order chi connectivity index (χ0) is 14.2. The van der Waals surface area contributed by atoms with Crippen molar-refractivity contribution in [2.45, 2.75) is 33.1 Å². The van der Waals surface area contributed by atoms with Crippen LogP contribution in [0.3, 0.4) is 0 Å². The summed E-state index contributed by atoms with van der Waals surface area (Å²) in [4.78, 5) is 0. The first-order chi connectivity index (χ1) is 9.75. The van der Waals surface area contributed by atoms with E-state index < -0.39 is 0 Å². The van der Waals surface area contributed by atoms with Crippen molar-refractivity contribution in [3.8, 4) is 17.2 Å². The Bertz CT molecular complexity index is 407. The molecule has 0 saturated heterocycles. The van der Waals surface area contributed by atoms with Gasteiger partial charge in [0.05, 0.1) is 6.61 Å². The van der Waals surface area contributed by atoms with Gasteiger partial charge in [0.2, 0.25) is 6.79 Å². The number of unbranched alkanes of at least 4 members (excludes halogenated alkanes) is 2. The van der Waals surface area contributed by atoms with E-state index in [0.717, 1.165) is 49.3 Å². The molecule has 112 valence electrons. The predicted molar refractivity (Wildman–Crippen MR) is 79.6 cm³/mol. The summed E-state index contributed by atoms with van der Waals surface area (Å²) < 4.78 is 16.3. The zero-order valence-corrected chi connectivity index (χ0v) is 12.5. The Kier molecular flexibility index (Phi) is 5.99. The Morgan fingerprint density at radius 2 is 2.00 bits per heavy atom. The summed E-state index contributed by atoms with van der Waals surface area (Å²) in [6.07, 6.45) is 3.48. The number of benzene rings is 1. The van der Waals surface area contributed by atoms with Crippen LogP contribution in [0, 0.1) is 5.92 Å². The summed E-state index contributed by atoms with van der Waals surface area (Å²) in [5, 5.41) is 3.45. The van der Waals surface area contributed by atoms with Gasteiger partial charge in [0.1, 0.15) is 5.75 Å². The first kappa shape index (κ1) is 15.0. The van der Waals surface area contributed by atoms with Crippen LogP contribution in [0.15, 0.2) is 18.2 Å². The van der Waals surface area contributed by atoms with Crippen molar-refractivity contribution in [1.82, 2.24) is 5.32 Å². The van der Waals surface area contributed by atoms with Crippen LogP contribution in [-0.2, 0) is 0 Å². The second-order valence-electron chi connectivity index (χ2n) is 5.52. The highest BCUT2D eigenvalue weighted by Gasteiger charge is 2.13. The van der Waals surface area contributed by atoms with Gasteiger partial charge in [-0.15, -0.1) is 0 Å². The summed E-state index contributed by atoms with van der Waals surface area (Å²) >= 11 is 0. The molecule has 1 aromatic carbocycles. The molecule has 1 N–H and O–H groups in total. The van der Waals surface area contributed by atoms with Gasteiger partial charge < -0.3 is 19.5 Å². The van der Waals surface area contributed by atoms with Gasteiger partial charge in [-0.2, -0.15) is 0 Å². The van der Waals surface area contributed by atoms with Crippen LogP contribution in [0.1, 0.15) is 33.1 Å². The maximum atomic E-state index is 5.72. The fraction of sp³-hybridized carbons (Fsp3) is 0.625. The molecule has 0 aromatic heterocycles. The summed E-state index contributed by atoms with van der Waals surface area (Å²) in [6, 6.07) is 5.72. The number of nitrogens with one attached hydrogen (secondary N) is 1. The van der Waals surface area contributed by atoms with Gasteiger partial charge in [-0.05, 0) is 50.4 Å². The van der Waals surface area contributed by atoms with E-state index in [1.165, 1.54) is 12.8 Å². The highest BCUT2D eigenvalue weighted by atomic mass is 16.7. The standard InChI is InChI=1S/C16H25NO3/c1-13(2)11-17-8-4-3-5-9-18-14-6-7-15-16(10-14)20-12-19-15/h6-7,10,13,17H,3-5,8-9,11-12H2,1-2H3. The molecular weight excluding hydrogens is 254 g/mol. The minimum absolute atomic E-state index is 0.308. The fourth-order valence-corrected chi connectivity index (χ4v) is 2.08. The molecular formula is C16H25NO3. The van der Waals surface area contributed by atoms with E-state index in [1.54, 1.807) is 0 Å². The maximum Gasteiger partial charge on any atom is 0.231 e. The monoisotopic (exact) mass is 279 g/mol. The smallest absolute Gasteiger partial charge is 0.231 e. The van der Waals surface area contributed by atoms with E-state index in [1.807, 2.05) is 18.2 Å². The summed E-state index contributed by atoms with van der Waals surface area (Å²) in [6.45, 7) is 7.72. The highest BCUT2D eigenvalue weighted by Crippen LogP contribution is 2.35. The van der Waals surface area contributed by atoms with E-state index in [-0.39, 0.29) is 0 Å². The third kappa shape index (κ3) is 4.93. The Morgan fingerprint density at radius 3 is 2.85 bits per heavy atom. The molecule has 1 aliphatic rings. The molecule has 4 heteroatoms. The Balaban J connectivity index is 1.53. The van der Waals surface area contributed by atoms with E-state index in [0.29, 0.717) is 6.79 Å². The quantitative estimate of drug-likeness (QED) is 0.705. The van der Waals surface area contributed by atoms with E-state index in [4.69, 9.17) is 14.2 Å². The van der Waals surface area contributed by atoms with Crippen LogP contribution in [0.2, 0.25) is 0 Å². The Labute approximate surface area is 121 Å². The van der Waals surface area contributed by atoms with Crippen molar-refractivity contribution >= 4 is 0 Å². The number of rotatable bonds is 9. The Hall–Kier alpha value is -1.42. The lowest BCUT2D eigenvalue weighted by atomic mass is 10.2. The fourth-order valence-electron chi connectivity index (χ4n) is 2.08. The average molecular weight is 279 g/mol. The summed E-state index contributed by atoms with van der Waals surface area (Å²) in [7, 11) is 0. The molecule has 0 spiro atoms. The number of hydrogen-bond acceptors (Lipinski definition) is 4. The molecule has 0 saturated carbocycles. The van der Waals surface area contributed by atoms with Gasteiger partial charge in [0.15, 0.2) is 11.5 Å². The molecule has 0 unspecified atom stereocenters. The molecule has 1 aliphatic heterocycles. The topological polar surface area (TPSA) is 39.7 Å². The van der Waals surface area contributed by atoms with Gasteiger partial charge >= 0.3 is 0 Å². The second-order valence-corrected chi connectivity index (χ2v) is 5.52. The highest BCUT2D eigenvalue weighted by molar-refractivity contribution is 5.46. The van der Waals surface area contributed by atoms with Crippen LogP contribution in [-0.4, -0.2) is 26.5 Å². The normalized spacial score (nSPS) is 12.9. The van der Waals surface area contributed by atoms with Crippen LogP contribution >= 0.6 is 0 Å². The molecule has 1 aromatic rings. The molecule has 20 heavy (non-hydrogen) atoms. The van der Waals surface area contributed by atoms with Crippen molar-refractivity contribution < 1.29 is 14.2 Å². The second kappa shape index (κ2) is 8.00. The van der Waals surface area contributed by atoms with Crippen LogP contribution in [0.4, 0.5) is 0 Å².